The molecule has 0 unspecified atom stereocenters. The topological polar surface area (TPSA) is 115 Å². The van der Waals surface area contributed by atoms with Crippen molar-refractivity contribution >= 4 is 28.0 Å². The molecule has 2 aromatic carbocycles. The molecule has 35 heavy (non-hydrogen) atoms. The number of amides is 1. The summed E-state index contributed by atoms with van der Waals surface area (Å²) in [6.07, 6.45) is 4.11. The van der Waals surface area contributed by atoms with E-state index in [2.05, 4.69) is 4.72 Å². The molecule has 0 spiro atoms. The third-order valence-corrected chi connectivity index (χ3v) is 6.40. The summed E-state index contributed by atoms with van der Waals surface area (Å²) in [5.41, 5.74) is 1.42. The van der Waals surface area contributed by atoms with Crippen LogP contribution in [-0.2, 0) is 37.4 Å². The highest BCUT2D eigenvalue weighted by atomic mass is 32.2. The lowest BCUT2D eigenvalue weighted by atomic mass is 10.2. The Morgan fingerprint density at radius 1 is 1.06 bits per heavy atom. The van der Waals surface area contributed by atoms with Gasteiger partial charge < -0.3 is 18.8 Å². The van der Waals surface area contributed by atoms with Crippen molar-refractivity contribution in [1.82, 2.24) is 9.62 Å². The fraction of sp³-hybridized carbons (Fsp3) is 0.200. The zero-order valence-corrected chi connectivity index (χ0v) is 20.2. The Hall–Kier alpha value is -3.89. The van der Waals surface area contributed by atoms with Gasteiger partial charge in [0.2, 0.25) is 10.0 Å². The fourth-order valence-electron chi connectivity index (χ4n) is 3.05. The Morgan fingerprint density at radius 3 is 2.49 bits per heavy atom. The molecule has 3 aromatic rings. The summed E-state index contributed by atoms with van der Waals surface area (Å²) < 4.78 is 42.6. The van der Waals surface area contributed by atoms with Crippen LogP contribution in [0, 0.1) is 0 Å². The van der Waals surface area contributed by atoms with Crippen molar-refractivity contribution in [3.8, 4) is 5.75 Å². The number of rotatable bonds is 11. The monoisotopic (exact) mass is 498 g/mol. The van der Waals surface area contributed by atoms with E-state index in [9.17, 15) is 18.0 Å². The molecule has 0 saturated heterocycles. The summed E-state index contributed by atoms with van der Waals surface area (Å²) in [5.74, 6) is 0.102. The van der Waals surface area contributed by atoms with Gasteiger partial charge in [0.15, 0.2) is 6.61 Å². The number of nitrogens with zero attached hydrogens (tertiary/aromatic N) is 1. The summed E-state index contributed by atoms with van der Waals surface area (Å²) in [6.45, 7) is -0.0646. The van der Waals surface area contributed by atoms with E-state index in [4.69, 9.17) is 13.9 Å². The van der Waals surface area contributed by atoms with Gasteiger partial charge in [-0.15, -0.1) is 0 Å². The predicted octanol–water partition coefficient (Wildman–Crippen LogP) is 2.98. The van der Waals surface area contributed by atoms with Crippen LogP contribution >= 0.6 is 0 Å². The van der Waals surface area contributed by atoms with E-state index < -0.39 is 22.6 Å². The molecule has 0 saturated carbocycles. The van der Waals surface area contributed by atoms with Crippen LogP contribution in [0.1, 0.15) is 16.9 Å². The van der Waals surface area contributed by atoms with Crippen molar-refractivity contribution in [3.05, 3.63) is 89.9 Å². The summed E-state index contributed by atoms with van der Waals surface area (Å²) in [6, 6.07) is 16.6. The van der Waals surface area contributed by atoms with E-state index in [1.165, 1.54) is 35.4 Å². The molecule has 0 fully saturated rings. The van der Waals surface area contributed by atoms with Crippen molar-refractivity contribution in [2.45, 2.75) is 18.0 Å². The number of para-hydroxylation sites is 1. The molecule has 9 nitrogen and oxygen atoms in total. The number of likely N-dealkylation sites (N-methyl/N-ethyl adjacent to an activating group) is 1. The Kier molecular flexibility index (Phi) is 8.82. The van der Waals surface area contributed by atoms with Gasteiger partial charge in [-0.3, -0.25) is 4.79 Å². The summed E-state index contributed by atoms with van der Waals surface area (Å²) >= 11 is 0. The maximum Gasteiger partial charge on any atom is 0.331 e. The molecule has 0 aliphatic rings. The Balaban J connectivity index is 1.48. The van der Waals surface area contributed by atoms with Crippen LogP contribution in [0.5, 0.6) is 5.75 Å². The maximum atomic E-state index is 12.4. The number of hydrogen-bond acceptors (Lipinski definition) is 7. The van der Waals surface area contributed by atoms with Crippen molar-refractivity contribution in [3.63, 3.8) is 0 Å². The summed E-state index contributed by atoms with van der Waals surface area (Å²) in [5, 5.41) is 0. The first-order valence-corrected chi connectivity index (χ1v) is 12.1. The molecule has 0 radical (unpaired) electrons. The van der Waals surface area contributed by atoms with Crippen LogP contribution in [0.2, 0.25) is 0 Å². The van der Waals surface area contributed by atoms with Gasteiger partial charge in [-0.25, -0.2) is 17.9 Å². The molecule has 0 aliphatic heterocycles. The van der Waals surface area contributed by atoms with Crippen LogP contribution in [-0.4, -0.2) is 46.0 Å². The fourth-order valence-corrected chi connectivity index (χ4v) is 4.05. The van der Waals surface area contributed by atoms with E-state index in [1.807, 2.05) is 18.2 Å². The highest BCUT2D eigenvalue weighted by Gasteiger charge is 2.15. The molecule has 3 rings (SSSR count). The van der Waals surface area contributed by atoms with Crippen molar-refractivity contribution < 1.29 is 31.9 Å². The first-order valence-electron chi connectivity index (χ1n) is 10.6. The summed E-state index contributed by atoms with van der Waals surface area (Å²) in [4.78, 5) is 25.8. The minimum atomic E-state index is -3.71. The van der Waals surface area contributed by atoms with Crippen LogP contribution in [0.15, 0.2) is 82.3 Å². The van der Waals surface area contributed by atoms with Gasteiger partial charge in [0.05, 0.1) is 24.8 Å². The predicted molar refractivity (Wildman–Crippen MR) is 129 cm³/mol. The SMILES string of the molecule is COc1ccccc1CN(C)C(=O)COC(=O)/C=C/c1ccc(S(=O)(=O)NCc2ccco2)cc1. The number of carbonyl (C=O) groups excluding carboxylic acids is 2. The number of furan rings is 1. The Bertz CT molecular complexity index is 1270. The maximum absolute atomic E-state index is 12.4. The van der Waals surface area contributed by atoms with E-state index >= 15 is 0 Å². The molecule has 10 heteroatoms. The van der Waals surface area contributed by atoms with Crippen molar-refractivity contribution in [2.24, 2.45) is 0 Å². The third-order valence-electron chi connectivity index (χ3n) is 4.98. The van der Waals surface area contributed by atoms with Crippen molar-refractivity contribution in [1.29, 1.82) is 0 Å². The van der Waals surface area contributed by atoms with E-state index in [-0.39, 0.29) is 17.3 Å². The summed E-state index contributed by atoms with van der Waals surface area (Å²) in [7, 11) is -0.549. The minimum absolute atomic E-state index is 0.0373. The minimum Gasteiger partial charge on any atom is -0.496 e. The molecule has 1 heterocycles. The molecule has 0 aliphatic carbocycles. The highest BCUT2D eigenvalue weighted by Crippen LogP contribution is 2.18. The molecule has 1 amide bonds. The van der Waals surface area contributed by atoms with E-state index in [0.717, 1.165) is 5.56 Å². The second kappa shape index (κ2) is 12.0. The molecule has 1 N–H and O–H groups in total. The number of sulfonamides is 1. The van der Waals surface area contributed by atoms with Crippen LogP contribution in [0.25, 0.3) is 6.08 Å². The van der Waals surface area contributed by atoms with Gasteiger partial charge >= 0.3 is 5.97 Å². The molecular formula is C25H26N2O7S. The number of methoxy groups -OCH3 is 1. The average molecular weight is 499 g/mol. The molecule has 0 atom stereocenters. The largest absolute Gasteiger partial charge is 0.496 e. The molecule has 184 valence electrons. The Morgan fingerprint density at radius 2 is 1.80 bits per heavy atom. The number of nitrogens with one attached hydrogen (secondary N) is 1. The van der Waals surface area contributed by atoms with Crippen LogP contribution < -0.4 is 9.46 Å². The molecule has 1 aromatic heterocycles. The number of ether oxygens (including phenoxy) is 2. The lowest BCUT2D eigenvalue weighted by molar-refractivity contribution is -0.147. The number of carbonyl (C=O) groups is 2. The van der Waals surface area contributed by atoms with Gasteiger partial charge in [0, 0.05) is 25.2 Å². The van der Waals surface area contributed by atoms with Gasteiger partial charge in [0.1, 0.15) is 11.5 Å². The lowest BCUT2D eigenvalue weighted by Crippen LogP contribution is -2.30. The number of hydrogen-bond donors (Lipinski definition) is 1. The lowest BCUT2D eigenvalue weighted by Gasteiger charge is -2.18. The first-order chi connectivity index (χ1) is 16.8. The average Bonchev–Trinajstić information content (AvgIpc) is 3.39. The number of benzene rings is 2. The van der Waals surface area contributed by atoms with Crippen LogP contribution in [0.4, 0.5) is 0 Å². The second-order valence-corrected chi connectivity index (χ2v) is 9.24. The van der Waals surface area contributed by atoms with E-state index in [1.54, 1.807) is 44.5 Å². The second-order valence-electron chi connectivity index (χ2n) is 7.48. The first kappa shape index (κ1) is 25.7. The van der Waals surface area contributed by atoms with E-state index in [0.29, 0.717) is 23.6 Å². The van der Waals surface area contributed by atoms with Gasteiger partial charge in [-0.1, -0.05) is 30.3 Å². The van der Waals surface area contributed by atoms with Gasteiger partial charge in [0.25, 0.3) is 5.91 Å². The van der Waals surface area contributed by atoms with Gasteiger partial charge in [-0.05, 0) is 42.0 Å². The molecular weight excluding hydrogens is 472 g/mol. The smallest absolute Gasteiger partial charge is 0.331 e. The van der Waals surface area contributed by atoms with Gasteiger partial charge in [-0.2, -0.15) is 0 Å². The van der Waals surface area contributed by atoms with Crippen molar-refractivity contribution in [2.75, 3.05) is 20.8 Å². The Labute approximate surface area is 204 Å². The molecule has 0 bridgehead atoms. The highest BCUT2D eigenvalue weighted by molar-refractivity contribution is 7.89. The zero-order valence-electron chi connectivity index (χ0n) is 19.3. The van der Waals surface area contributed by atoms with Crippen LogP contribution in [0.3, 0.4) is 0 Å². The quantitative estimate of drug-likeness (QED) is 0.319. The zero-order chi connectivity index (χ0) is 25.3. The normalized spacial score (nSPS) is 11.4. The number of esters is 1. The standard InChI is InChI=1S/C25H26N2O7S/c1-27(17-20-6-3-4-8-23(20)32-2)24(28)18-34-25(29)14-11-19-9-12-22(13-10-19)35(30,31)26-16-21-7-5-15-33-21/h3-15,26H,16-18H2,1-2H3/b14-11+. The third kappa shape index (κ3) is 7.56.